The molecule has 0 fully saturated rings. The lowest BCUT2D eigenvalue weighted by atomic mass is 10.3. The fraction of sp³-hybridized carbons (Fsp3) is 0.385. The molecule has 7 nitrogen and oxygen atoms in total. The lowest BCUT2D eigenvalue weighted by Crippen LogP contribution is -2.49. The fourth-order valence-electron chi connectivity index (χ4n) is 2.23. The summed E-state index contributed by atoms with van der Waals surface area (Å²) >= 11 is 1.55. The quantitative estimate of drug-likeness (QED) is 0.454. The number of hydrogen-bond acceptors (Lipinski definition) is 6. The maximum Gasteiger partial charge on any atom is 0.264 e. The van der Waals surface area contributed by atoms with E-state index in [2.05, 4.69) is 25.9 Å². The molecule has 6 N–H and O–H groups in total. The van der Waals surface area contributed by atoms with E-state index in [9.17, 15) is 4.79 Å². The number of aromatic amines is 1. The highest BCUT2D eigenvalue weighted by molar-refractivity contribution is 8.04. The smallest absolute Gasteiger partial charge is 0.264 e. The van der Waals surface area contributed by atoms with Gasteiger partial charge in [0.25, 0.3) is 5.91 Å². The summed E-state index contributed by atoms with van der Waals surface area (Å²) in [6.45, 7) is 1.42. The lowest BCUT2D eigenvalue weighted by Gasteiger charge is -2.22. The van der Waals surface area contributed by atoms with E-state index in [1.165, 1.54) is 0 Å². The molecule has 2 aliphatic rings. The van der Waals surface area contributed by atoms with Crippen LogP contribution in [0, 0.1) is 0 Å². The third kappa shape index (κ3) is 3.06. The third-order valence-electron chi connectivity index (χ3n) is 3.23. The summed E-state index contributed by atoms with van der Waals surface area (Å²) in [7, 11) is 0. The van der Waals surface area contributed by atoms with Gasteiger partial charge >= 0.3 is 0 Å². The predicted molar refractivity (Wildman–Crippen MR) is 82.3 cm³/mol. The van der Waals surface area contributed by atoms with Gasteiger partial charge < -0.3 is 26.7 Å². The topological polar surface area (TPSA) is 107 Å². The van der Waals surface area contributed by atoms with Gasteiger partial charge in [0, 0.05) is 31.1 Å². The third-order valence-corrected chi connectivity index (χ3v) is 4.25. The largest absolute Gasteiger partial charge is 0.389 e. The van der Waals surface area contributed by atoms with Gasteiger partial charge in [0.05, 0.1) is 10.1 Å². The van der Waals surface area contributed by atoms with Crippen LogP contribution in [0.2, 0.25) is 0 Å². The Morgan fingerprint density at radius 3 is 3.24 bits per heavy atom. The van der Waals surface area contributed by atoms with Gasteiger partial charge in [0.15, 0.2) is 0 Å². The van der Waals surface area contributed by atoms with Crippen LogP contribution in [0.15, 0.2) is 28.4 Å². The number of nitrogens with one attached hydrogen (secondary N) is 4. The summed E-state index contributed by atoms with van der Waals surface area (Å²) in [6.07, 6.45) is 4.15. The second kappa shape index (κ2) is 6.23. The predicted octanol–water partition coefficient (Wildman–Crippen LogP) is -1.73. The Bertz CT molecular complexity index is 679. The van der Waals surface area contributed by atoms with Crippen LogP contribution in [0.25, 0.3) is 5.82 Å². The zero-order valence-electron chi connectivity index (χ0n) is 11.5. The van der Waals surface area contributed by atoms with Crippen molar-refractivity contribution in [1.29, 1.82) is 0 Å². The minimum Gasteiger partial charge on any atom is -0.389 e. The fourth-order valence-corrected chi connectivity index (χ4v) is 3.02. The Labute approximate surface area is 126 Å². The van der Waals surface area contributed by atoms with Gasteiger partial charge in [-0.2, -0.15) is 0 Å². The summed E-state index contributed by atoms with van der Waals surface area (Å²) in [5, 5.41) is 10.1. The van der Waals surface area contributed by atoms with Gasteiger partial charge in [-0.15, -0.1) is 11.8 Å². The van der Waals surface area contributed by atoms with Crippen molar-refractivity contribution in [3.63, 3.8) is 0 Å². The normalized spacial score (nSPS) is 20.5. The highest BCUT2D eigenvalue weighted by atomic mass is 32.2. The molecule has 2 aliphatic heterocycles. The van der Waals surface area contributed by atoms with Gasteiger partial charge in [0.1, 0.15) is 17.5 Å². The molecule has 8 heteroatoms. The monoisotopic (exact) mass is 306 g/mol. The van der Waals surface area contributed by atoms with E-state index < -0.39 is 0 Å². The summed E-state index contributed by atoms with van der Waals surface area (Å²) in [6, 6.07) is 1.89. The van der Waals surface area contributed by atoms with E-state index >= 15 is 0 Å². The Morgan fingerprint density at radius 2 is 2.48 bits per heavy atom. The molecule has 0 saturated heterocycles. The van der Waals surface area contributed by atoms with Crippen molar-refractivity contribution in [2.24, 2.45) is 10.7 Å². The molecular weight excluding hydrogens is 288 g/mol. The van der Waals surface area contributed by atoms with Crippen LogP contribution in [0.3, 0.4) is 0 Å². The number of rotatable bonds is 4. The van der Waals surface area contributed by atoms with Gasteiger partial charge in [-0.05, 0) is 12.6 Å². The molecule has 0 unspecified atom stereocenters. The summed E-state index contributed by atoms with van der Waals surface area (Å²) in [5.74, 6) is 1.45. The standard InChI is InChI=1S/C13H18N6OS/c14-3-1-10-17-11-8(2-4-16-11)12(18-10)19-13(20)9-7-15-5-6-21-9/h2,4,7,10,15,18H,1,3,5-6,14H2,(H,16,17)(H,19,20)/t10-/m0/s1. The molecule has 0 aliphatic carbocycles. The Kier molecular flexibility index (Phi) is 4.16. The molecule has 1 amide bonds. The van der Waals surface area contributed by atoms with Crippen molar-refractivity contribution in [2.75, 3.05) is 18.8 Å². The highest BCUT2D eigenvalue weighted by Gasteiger charge is 2.19. The Balaban J connectivity index is 1.84. The first-order chi connectivity index (χ1) is 10.3. The number of hydrogen-bond donors (Lipinski definition) is 5. The van der Waals surface area contributed by atoms with E-state index in [1.807, 2.05) is 12.3 Å². The van der Waals surface area contributed by atoms with Crippen molar-refractivity contribution < 1.29 is 4.79 Å². The van der Waals surface area contributed by atoms with Crippen LogP contribution in [0.4, 0.5) is 0 Å². The second-order valence-corrected chi connectivity index (χ2v) is 5.88. The SMILES string of the molecule is NCC[C@H]1N=c2[nH]ccc2=C(NC(=O)C2=CNCCS2)N1. The van der Waals surface area contributed by atoms with Crippen molar-refractivity contribution >= 4 is 23.5 Å². The highest BCUT2D eigenvalue weighted by Crippen LogP contribution is 2.17. The van der Waals surface area contributed by atoms with Crippen LogP contribution in [0.1, 0.15) is 6.42 Å². The molecule has 0 saturated carbocycles. The van der Waals surface area contributed by atoms with Crippen LogP contribution < -0.4 is 32.4 Å². The van der Waals surface area contributed by atoms with Crippen LogP contribution in [-0.2, 0) is 4.79 Å². The first-order valence-electron chi connectivity index (χ1n) is 6.88. The second-order valence-electron chi connectivity index (χ2n) is 4.75. The molecule has 0 spiro atoms. The minimum absolute atomic E-state index is 0.116. The molecule has 3 heterocycles. The van der Waals surface area contributed by atoms with Crippen molar-refractivity contribution in [3.8, 4) is 0 Å². The maximum absolute atomic E-state index is 12.3. The van der Waals surface area contributed by atoms with E-state index in [0.717, 1.165) is 23.0 Å². The average molecular weight is 306 g/mol. The van der Waals surface area contributed by atoms with Crippen molar-refractivity contribution in [2.45, 2.75) is 12.6 Å². The molecule has 3 rings (SSSR count). The minimum atomic E-state index is -0.123. The average Bonchev–Trinajstić information content (AvgIpc) is 2.97. The number of fused-ring (bicyclic) bond motifs is 1. The maximum atomic E-state index is 12.3. The summed E-state index contributed by atoms with van der Waals surface area (Å²) in [4.78, 5) is 20.6. The molecular formula is C13H18N6OS. The first-order valence-corrected chi connectivity index (χ1v) is 7.86. The lowest BCUT2D eigenvalue weighted by molar-refractivity contribution is -0.115. The molecule has 0 bridgehead atoms. The van der Waals surface area contributed by atoms with Gasteiger partial charge in [0.2, 0.25) is 0 Å². The number of amides is 1. The van der Waals surface area contributed by atoms with E-state index in [1.54, 1.807) is 18.0 Å². The number of thioether (sulfide) groups is 1. The molecule has 0 aromatic carbocycles. The molecule has 1 aromatic heterocycles. The summed E-state index contributed by atoms with van der Waals surface area (Å²) in [5.41, 5.74) is 6.36. The van der Waals surface area contributed by atoms with Crippen molar-refractivity contribution in [3.05, 3.63) is 34.1 Å². The van der Waals surface area contributed by atoms with Crippen LogP contribution >= 0.6 is 11.8 Å². The van der Waals surface area contributed by atoms with Gasteiger partial charge in [-0.1, -0.05) is 0 Å². The van der Waals surface area contributed by atoms with Crippen molar-refractivity contribution in [1.82, 2.24) is 20.9 Å². The number of H-pyrrole nitrogens is 1. The van der Waals surface area contributed by atoms with Gasteiger partial charge in [-0.25, -0.2) is 4.99 Å². The Hall–Kier alpha value is -1.93. The summed E-state index contributed by atoms with van der Waals surface area (Å²) < 4.78 is 0. The van der Waals surface area contributed by atoms with Crippen LogP contribution in [0.5, 0.6) is 0 Å². The van der Waals surface area contributed by atoms with E-state index in [-0.39, 0.29) is 12.1 Å². The molecule has 1 aromatic rings. The zero-order chi connectivity index (χ0) is 14.7. The molecule has 1 atom stereocenters. The zero-order valence-corrected chi connectivity index (χ0v) is 12.3. The van der Waals surface area contributed by atoms with Gasteiger partial charge in [-0.3, -0.25) is 4.79 Å². The number of nitrogens with two attached hydrogens (primary N) is 1. The number of carbonyl (C=O) groups excluding carboxylic acids is 1. The first kappa shape index (κ1) is 14.0. The molecule has 0 radical (unpaired) electrons. The van der Waals surface area contributed by atoms with E-state index in [0.29, 0.717) is 23.7 Å². The number of nitrogens with zero attached hydrogens (tertiary/aromatic N) is 1. The molecule has 21 heavy (non-hydrogen) atoms. The molecule has 112 valence electrons. The number of aromatic nitrogens is 1. The van der Waals surface area contributed by atoms with Crippen LogP contribution in [-0.4, -0.2) is 35.9 Å². The number of carbonyl (C=O) groups is 1. The van der Waals surface area contributed by atoms with E-state index in [4.69, 9.17) is 5.73 Å². The Morgan fingerprint density at radius 1 is 1.57 bits per heavy atom.